The van der Waals surface area contributed by atoms with Crippen LogP contribution in [0.25, 0.3) is 0 Å². The van der Waals surface area contributed by atoms with Crippen molar-refractivity contribution in [2.75, 3.05) is 12.3 Å². The Labute approximate surface area is 97.3 Å². The first-order valence-corrected chi connectivity index (χ1v) is 7.18. The van der Waals surface area contributed by atoms with Gasteiger partial charge in [-0.15, -0.1) is 0 Å². The first kappa shape index (κ1) is 11.3. The van der Waals surface area contributed by atoms with Gasteiger partial charge in [-0.1, -0.05) is 38.5 Å². The predicted molar refractivity (Wildman–Crippen MR) is 68.5 cm³/mol. The van der Waals surface area contributed by atoms with E-state index >= 15 is 0 Å². The molecule has 2 fully saturated rings. The third-order valence-electron chi connectivity index (χ3n) is 3.25. The van der Waals surface area contributed by atoms with Crippen LogP contribution in [0.15, 0.2) is 4.99 Å². The van der Waals surface area contributed by atoms with Gasteiger partial charge in [0.1, 0.15) is 0 Å². The number of nitrogens with zero attached hydrogens (tertiary/aromatic N) is 1. The van der Waals surface area contributed by atoms with E-state index in [4.69, 9.17) is 0 Å². The summed E-state index contributed by atoms with van der Waals surface area (Å²) in [6, 6.07) is 0.728. The first-order chi connectivity index (χ1) is 7.25. The van der Waals surface area contributed by atoms with Gasteiger partial charge in [-0.25, -0.2) is 0 Å². The number of rotatable bonds is 2. The molecule has 0 radical (unpaired) electrons. The SMILES string of the molecule is CC(C)CN=C1NC2CCCCC2CS1. The van der Waals surface area contributed by atoms with Crippen LogP contribution in [0.1, 0.15) is 39.5 Å². The molecule has 0 aromatic carbocycles. The Morgan fingerprint density at radius 3 is 3.00 bits per heavy atom. The summed E-state index contributed by atoms with van der Waals surface area (Å²) in [6.45, 7) is 5.41. The molecule has 15 heavy (non-hydrogen) atoms. The van der Waals surface area contributed by atoms with E-state index in [9.17, 15) is 0 Å². The molecular formula is C12H22N2S. The lowest BCUT2D eigenvalue weighted by molar-refractivity contribution is 0.311. The Hall–Kier alpha value is -0.180. The zero-order chi connectivity index (χ0) is 10.7. The molecular weight excluding hydrogens is 204 g/mol. The summed E-state index contributed by atoms with van der Waals surface area (Å²) in [7, 11) is 0. The number of fused-ring (bicyclic) bond motifs is 1. The van der Waals surface area contributed by atoms with Crippen LogP contribution in [0.4, 0.5) is 0 Å². The zero-order valence-electron chi connectivity index (χ0n) is 9.83. The number of hydrogen-bond donors (Lipinski definition) is 1. The third-order valence-corrected chi connectivity index (χ3v) is 4.37. The van der Waals surface area contributed by atoms with E-state index < -0.39 is 0 Å². The van der Waals surface area contributed by atoms with E-state index in [1.165, 1.54) is 36.6 Å². The molecule has 1 aliphatic carbocycles. The molecule has 2 aliphatic rings. The minimum absolute atomic E-state index is 0.670. The van der Waals surface area contributed by atoms with E-state index in [1.807, 2.05) is 11.8 Å². The highest BCUT2D eigenvalue weighted by Gasteiger charge is 2.29. The van der Waals surface area contributed by atoms with Gasteiger partial charge in [0.25, 0.3) is 0 Å². The highest BCUT2D eigenvalue weighted by Crippen LogP contribution is 2.31. The summed E-state index contributed by atoms with van der Waals surface area (Å²) in [6.07, 6.45) is 5.60. The molecule has 0 aromatic rings. The minimum Gasteiger partial charge on any atom is -0.362 e. The second-order valence-corrected chi connectivity index (χ2v) is 6.15. The molecule has 2 unspecified atom stereocenters. The van der Waals surface area contributed by atoms with Crippen LogP contribution in [-0.2, 0) is 0 Å². The van der Waals surface area contributed by atoms with E-state index in [-0.39, 0.29) is 0 Å². The van der Waals surface area contributed by atoms with Crippen LogP contribution < -0.4 is 5.32 Å². The Morgan fingerprint density at radius 2 is 2.20 bits per heavy atom. The number of amidine groups is 1. The molecule has 1 saturated carbocycles. The molecule has 1 N–H and O–H groups in total. The second kappa shape index (κ2) is 5.24. The van der Waals surface area contributed by atoms with Crippen molar-refractivity contribution in [3.8, 4) is 0 Å². The van der Waals surface area contributed by atoms with Gasteiger partial charge in [0.05, 0.1) is 0 Å². The summed E-state index contributed by atoms with van der Waals surface area (Å²) in [4.78, 5) is 4.64. The third kappa shape index (κ3) is 3.13. The van der Waals surface area contributed by atoms with Gasteiger partial charge in [-0.2, -0.15) is 0 Å². The summed E-state index contributed by atoms with van der Waals surface area (Å²) in [5.74, 6) is 2.86. The molecule has 0 aromatic heterocycles. The number of thioether (sulfide) groups is 1. The van der Waals surface area contributed by atoms with Gasteiger partial charge in [0, 0.05) is 18.3 Å². The lowest BCUT2D eigenvalue weighted by atomic mass is 9.86. The molecule has 86 valence electrons. The second-order valence-electron chi connectivity index (χ2n) is 5.15. The normalized spacial score (nSPS) is 33.9. The Balaban J connectivity index is 1.87. The van der Waals surface area contributed by atoms with E-state index in [0.717, 1.165) is 18.5 Å². The van der Waals surface area contributed by atoms with Crippen molar-refractivity contribution >= 4 is 16.9 Å². The Bertz CT molecular complexity index is 238. The lowest BCUT2D eigenvalue weighted by Gasteiger charge is -2.36. The number of nitrogens with one attached hydrogen (secondary N) is 1. The molecule has 2 nitrogen and oxygen atoms in total. The van der Waals surface area contributed by atoms with Gasteiger partial charge >= 0.3 is 0 Å². The molecule has 1 heterocycles. The maximum absolute atomic E-state index is 4.64. The quantitative estimate of drug-likeness (QED) is 0.783. The topological polar surface area (TPSA) is 24.4 Å². The van der Waals surface area contributed by atoms with Crippen LogP contribution in [0.5, 0.6) is 0 Å². The molecule has 0 bridgehead atoms. The molecule has 3 heteroatoms. The van der Waals surface area contributed by atoms with E-state index in [1.54, 1.807) is 0 Å². The highest BCUT2D eigenvalue weighted by molar-refractivity contribution is 8.13. The fourth-order valence-electron chi connectivity index (χ4n) is 2.34. The summed E-state index contributed by atoms with van der Waals surface area (Å²) < 4.78 is 0. The lowest BCUT2D eigenvalue weighted by Crippen LogP contribution is -2.46. The largest absolute Gasteiger partial charge is 0.362 e. The van der Waals surface area contributed by atoms with Crippen molar-refractivity contribution in [3.63, 3.8) is 0 Å². The number of aliphatic imine (C=N–C) groups is 1. The van der Waals surface area contributed by atoms with Crippen molar-refractivity contribution < 1.29 is 0 Å². The van der Waals surface area contributed by atoms with Gasteiger partial charge < -0.3 is 5.32 Å². The van der Waals surface area contributed by atoms with Crippen molar-refractivity contribution in [1.29, 1.82) is 0 Å². The monoisotopic (exact) mass is 226 g/mol. The smallest absolute Gasteiger partial charge is 0.156 e. The molecule has 0 spiro atoms. The van der Waals surface area contributed by atoms with Crippen LogP contribution in [0.3, 0.4) is 0 Å². The van der Waals surface area contributed by atoms with Crippen LogP contribution >= 0.6 is 11.8 Å². The summed E-state index contributed by atoms with van der Waals surface area (Å²) >= 11 is 1.93. The van der Waals surface area contributed by atoms with Crippen LogP contribution in [0.2, 0.25) is 0 Å². The minimum atomic E-state index is 0.670. The van der Waals surface area contributed by atoms with Gasteiger partial charge in [-0.05, 0) is 24.7 Å². The van der Waals surface area contributed by atoms with Crippen molar-refractivity contribution in [2.24, 2.45) is 16.8 Å². The fourth-order valence-corrected chi connectivity index (χ4v) is 3.51. The standard InChI is InChI=1S/C12H22N2S/c1-9(2)7-13-12-14-11-6-4-3-5-10(11)8-15-12/h9-11H,3-8H2,1-2H3,(H,13,14). The molecule has 1 aliphatic heterocycles. The number of hydrogen-bond acceptors (Lipinski definition) is 2. The summed E-state index contributed by atoms with van der Waals surface area (Å²) in [5.41, 5.74) is 0. The maximum Gasteiger partial charge on any atom is 0.156 e. The zero-order valence-corrected chi connectivity index (χ0v) is 10.6. The average Bonchev–Trinajstić information content (AvgIpc) is 2.26. The van der Waals surface area contributed by atoms with Crippen LogP contribution in [0, 0.1) is 11.8 Å². The average molecular weight is 226 g/mol. The predicted octanol–water partition coefficient (Wildman–Crippen LogP) is 2.89. The highest BCUT2D eigenvalue weighted by atomic mass is 32.2. The fraction of sp³-hybridized carbons (Fsp3) is 0.917. The summed E-state index contributed by atoms with van der Waals surface area (Å²) in [5, 5.41) is 4.82. The van der Waals surface area contributed by atoms with Crippen molar-refractivity contribution in [2.45, 2.75) is 45.6 Å². The van der Waals surface area contributed by atoms with Gasteiger partial charge in [0.15, 0.2) is 5.17 Å². The Morgan fingerprint density at radius 1 is 1.40 bits per heavy atom. The van der Waals surface area contributed by atoms with Crippen LogP contribution in [-0.4, -0.2) is 23.5 Å². The van der Waals surface area contributed by atoms with Gasteiger partial charge in [0.2, 0.25) is 0 Å². The molecule has 2 atom stereocenters. The van der Waals surface area contributed by atoms with Gasteiger partial charge in [-0.3, -0.25) is 4.99 Å². The molecule has 2 rings (SSSR count). The van der Waals surface area contributed by atoms with E-state index in [2.05, 4.69) is 24.2 Å². The van der Waals surface area contributed by atoms with Crippen molar-refractivity contribution in [1.82, 2.24) is 5.32 Å². The van der Waals surface area contributed by atoms with Crippen molar-refractivity contribution in [3.05, 3.63) is 0 Å². The first-order valence-electron chi connectivity index (χ1n) is 6.19. The van der Waals surface area contributed by atoms with E-state index in [0.29, 0.717) is 5.92 Å². The maximum atomic E-state index is 4.64. The molecule has 1 saturated heterocycles. The molecule has 0 amide bonds. The Kier molecular flexibility index (Phi) is 3.95.